The van der Waals surface area contributed by atoms with Gasteiger partial charge in [-0.05, 0) is 37.1 Å². The van der Waals surface area contributed by atoms with Gasteiger partial charge in [-0.3, -0.25) is 9.78 Å². The maximum atomic E-state index is 12.2. The van der Waals surface area contributed by atoms with Crippen LogP contribution in [0.4, 0.5) is 11.5 Å². The molecule has 2 aromatic rings. The van der Waals surface area contributed by atoms with Crippen LogP contribution in [0.5, 0.6) is 0 Å². The van der Waals surface area contributed by atoms with Gasteiger partial charge in [0.05, 0.1) is 11.9 Å². The molecule has 0 fully saturated rings. The predicted molar refractivity (Wildman–Crippen MR) is 79.6 cm³/mol. The highest BCUT2D eigenvalue weighted by molar-refractivity contribution is 6.04. The van der Waals surface area contributed by atoms with Gasteiger partial charge < -0.3 is 11.1 Å². The van der Waals surface area contributed by atoms with Crippen LogP contribution in [0.25, 0.3) is 0 Å². The van der Waals surface area contributed by atoms with E-state index in [0.29, 0.717) is 17.1 Å². The number of hydrogen-bond acceptors (Lipinski definition) is 4. The number of rotatable bonds is 4. The quantitative estimate of drug-likeness (QED) is 0.894. The minimum absolute atomic E-state index is 0.205. The molecule has 0 atom stereocenters. The molecule has 0 saturated heterocycles. The molecule has 0 radical (unpaired) electrons. The summed E-state index contributed by atoms with van der Waals surface area (Å²) < 4.78 is 0. The Kier molecular flexibility index (Phi) is 4.30. The Balaban J connectivity index is 2.20. The molecule has 0 aromatic carbocycles. The summed E-state index contributed by atoms with van der Waals surface area (Å²) in [5, 5.41) is 2.81. The minimum atomic E-state index is -0.205. The van der Waals surface area contributed by atoms with E-state index in [0.717, 1.165) is 24.1 Å². The number of nitrogens with two attached hydrogens (primary N) is 1. The van der Waals surface area contributed by atoms with Crippen LogP contribution < -0.4 is 11.1 Å². The third-order valence-electron chi connectivity index (χ3n) is 2.80. The molecule has 2 rings (SSSR count). The molecule has 1 amide bonds. The molecule has 0 saturated carbocycles. The predicted octanol–water partition coefficient (Wildman–Crippen LogP) is 2.57. The summed E-state index contributed by atoms with van der Waals surface area (Å²) in [4.78, 5) is 20.5. The van der Waals surface area contributed by atoms with Gasteiger partial charge in [-0.2, -0.15) is 0 Å². The Labute approximate surface area is 118 Å². The lowest BCUT2D eigenvalue weighted by Gasteiger charge is -2.08. The van der Waals surface area contributed by atoms with E-state index in [9.17, 15) is 4.79 Å². The Morgan fingerprint density at radius 2 is 2.10 bits per heavy atom. The van der Waals surface area contributed by atoms with Crippen molar-refractivity contribution in [3.63, 3.8) is 0 Å². The smallest absolute Gasteiger partial charge is 0.255 e. The van der Waals surface area contributed by atoms with Crippen LogP contribution >= 0.6 is 0 Å². The number of carbonyl (C=O) groups is 1. The van der Waals surface area contributed by atoms with Crippen molar-refractivity contribution in [2.75, 3.05) is 11.1 Å². The van der Waals surface area contributed by atoms with E-state index < -0.39 is 0 Å². The number of carbonyl (C=O) groups excluding carboxylic acids is 1. The van der Waals surface area contributed by atoms with E-state index in [1.165, 1.54) is 0 Å². The average Bonchev–Trinajstić information content (AvgIpc) is 2.38. The lowest BCUT2D eigenvalue weighted by Crippen LogP contribution is -2.13. The molecule has 104 valence electrons. The van der Waals surface area contributed by atoms with Gasteiger partial charge in [-0.1, -0.05) is 13.3 Å². The summed E-state index contributed by atoms with van der Waals surface area (Å²) in [5.74, 6) is 0.160. The summed E-state index contributed by atoms with van der Waals surface area (Å²) in [6.07, 6.45) is 5.11. The second-order valence-corrected chi connectivity index (χ2v) is 4.73. The first-order valence-electron chi connectivity index (χ1n) is 6.58. The Hall–Kier alpha value is -2.43. The Bertz CT molecular complexity index is 625. The van der Waals surface area contributed by atoms with E-state index in [1.54, 1.807) is 24.5 Å². The van der Waals surface area contributed by atoms with Gasteiger partial charge in [-0.25, -0.2) is 4.98 Å². The molecule has 0 aliphatic carbocycles. The van der Waals surface area contributed by atoms with Gasteiger partial charge >= 0.3 is 0 Å². The van der Waals surface area contributed by atoms with Crippen molar-refractivity contribution in [1.29, 1.82) is 0 Å². The molecule has 5 heteroatoms. The lowest BCUT2D eigenvalue weighted by molar-refractivity contribution is 0.102. The number of nitrogens with zero attached hydrogens (tertiary/aromatic N) is 2. The van der Waals surface area contributed by atoms with Crippen molar-refractivity contribution in [3.8, 4) is 0 Å². The number of hydrogen-bond donors (Lipinski definition) is 2. The van der Waals surface area contributed by atoms with Crippen LogP contribution in [0.1, 0.15) is 35.0 Å². The lowest BCUT2D eigenvalue weighted by atomic mass is 10.1. The van der Waals surface area contributed by atoms with Crippen molar-refractivity contribution in [1.82, 2.24) is 9.97 Å². The molecule has 0 bridgehead atoms. The second kappa shape index (κ2) is 6.14. The SMILES string of the molecule is CCCc1cc(C(=O)Nc2cncc(C)c2)cc(N)n1. The zero-order valence-electron chi connectivity index (χ0n) is 11.7. The molecule has 0 aliphatic heterocycles. The largest absolute Gasteiger partial charge is 0.384 e. The van der Waals surface area contributed by atoms with Crippen LogP contribution in [0.3, 0.4) is 0 Å². The van der Waals surface area contributed by atoms with Crippen molar-refractivity contribution >= 4 is 17.4 Å². The fourth-order valence-electron chi connectivity index (χ4n) is 1.95. The maximum Gasteiger partial charge on any atom is 0.255 e. The maximum absolute atomic E-state index is 12.2. The van der Waals surface area contributed by atoms with Gasteiger partial charge in [-0.15, -0.1) is 0 Å². The summed E-state index contributed by atoms with van der Waals surface area (Å²) in [7, 11) is 0. The summed E-state index contributed by atoms with van der Waals surface area (Å²) in [6, 6.07) is 5.22. The van der Waals surface area contributed by atoms with Crippen LogP contribution in [-0.2, 0) is 6.42 Å². The van der Waals surface area contributed by atoms with Crippen molar-refractivity contribution in [2.24, 2.45) is 0 Å². The third-order valence-corrected chi connectivity index (χ3v) is 2.80. The average molecular weight is 270 g/mol. The standard InChI is InChI=1S/C15H18N4O/c1-3-4-12-6-11(7-14(16)18-12)15(20)19-13-5-10(2)8-17-9-13/h5-9H,3-4H2,1-2H3,(H2,16,18)(H,19,20). The first kappa shape index (κ1) is 14.0. The van der Waals surface area contributed by atoms with Gasteiger partial charge in [0.2, 0.25) is 0 Å². The van der Waals surface area contributed by atoms with Gasteiger partial charge in [0.1, 0.15) is 5.82 Å². The van der Waals surface area contributed by atoms with E-state index in [4.69, 9.17) is 5.73 Å². The second-order valence-electron chi connectivity index (χ2n) is 4.73. The Morgan fingerprint density at radius 1 is 1.30 bits per heavy atom. The zero-order valence-corrected chi connectivity index (χ0v) is 11.7. The van der Waals surface area contributed by atoms with E-state index in [-0.39, 0.29) is 5.91 Å². The molecule has 20 heavy (non-hydrogen) atoms. The highest BCUT2D eigenvalue weighted by Crippen LogP contribution is 2.13. The molecule has 0 spiro atoms. The Morgan fingerprint density at radius 3 is 2.80 bits per heavy atom. The molecule has 2 heterocycles. The summed E-state index contributed by atoms with van der Waals surface area (Å²) >= 11 is 0. The number of aryl methyl sites for hydroxylation is 2. The number of nitrogen functional groups attached to an aromatic ring is 1. The van der Waals surface area contributed by atoms with Crippen LogP contribution in [0, 0.1) is 6.92 Å². The fourth-order valence-corrected chi connectivity index (χ4v) is 1.95. The van der Waals surface area contributed by atoms with Gasteiger partial charge in [0.25, 0.3) is 5.91 Å². The normalized spacial score (nSPS) is 10.3. The summed E-state index contributed by atoms with van der Waals surface area (Å²) in [6.45, 7) is 3.98. The van der Waals surface area contributed by atoms with Crippen LogP contribution in [0.2, 0.25) is 0 Å². The van der Waals surface area contributed by atoms with Crippen LogP contribution in [-0.4, -0.2) is 15.9 Å². The van der Waals surface area contributed by atoms with Gasteiger partial charge in [0, 0.05) is 17.5 Å². The van der Waals surface area contributed by atoms with Crippen molar-refractivity contribution in [3.05, 3.63) is 47.4 Å². The molecule has 3 N–H and O–H groups in total. The minimum Gasteiger partial charge on any atom is -0.384 e. The number of nitrogens with one attached hydrogen (secondary N) is 1. The zero-order chi connectivity index (χ0) is 14.5. The van der Waals surface area contributed by atoms with Crippen LogP contribution in [0.15, 0.2) is 30.6 Å². The number of pyridine rings is 2. The monoisotopic (exact) mass is 270 g/mol. The molecule has 0 aliphatic rings. The van der Waals surface area contributed by atoms with Gasteiger partial charge in [0.15, 0.2) is 0 Å². The topological polar surface area (TPSA) is 80.9 Å². The fraction of sp³-hybridized carbons (Fsp3) is 0.267. The highest BCUT2D eigenvalue weighted by atomic mass is 16.1. The van der Waals surface area contributed by atoms with E-state index >= 15 is 0 Å². The first-order chi connectivity index (χ1) is 9.58. The number of anilines is 2. The van der Waals surface area contributed by atoms with Crippen molar-refractivity contribution in [2.45, 2.75) is 26.7 Å². The number of amides is 1. The molecule has 5 nitrogen and oxygen atoms in total. The van der Waals surface area contributed by atoms with Crippen molar-refractivity contribution < 1.29 is 4.79 Å². The first-order valence-corrected chi connectivity index (χ1v) is 6.58. The summed E-state index contributed by atoms with van der Waals surface area (Å²) in [5.41, 5.74) is 8.75. The molecule has 2 aromatic heterocycles. The molecule has 0 unspecified atom stereocenters. The van der Waals surface area contributed by atoms with E-state index in [2.05, 4.69) is 22.2 Å². The molecular formula is C15H18N4O. The third kappa shape index (κ3) is 3.54. The number of aromatic nitrogens is 2. The molecular weight excluding hydrogens is 252 g/mol. The van der Waals surface area contributed by atoms with E-state index in [1.807, 2.05) is 13.0 Å². The highest BCUT2D eigenvalue weighted by Gasteiger charge is 2.09.